The number of hydrogen-bond donors (Lipinski definition) is 0. The average molecular weight is 224 g/mol. The molecule has 0 heteroatoms. The number of aryl methyl sites for hydroxylation is 1. The zero-order valence-electron chi connectivity index (χ0n) is 10.9. The van der Waals surface area contributed by atoms with Gasteiger partial charge in [-0.1, -0.05) is 74.0 Å². The number of benzene rings is 2. The molecule has 0 saturated carbocycles. The van der Waals surface area contributed by atoms with E-state index < -0.39 is 0 Å². The summed E-state index contributed by atoms with van der Waals surface area (Å²) < 4.78 is 0. The van der Waals surface area contributed by atoms with Crippen molar-refractivity contribution in [1.82, 2.24) is 0 Å². The van der Waals surface area contributed by atoms with Gasteiger partial charge in [0, 0.05) is 5.41 Å². The Bertz CT molecular complexity index is 484. The van der Waals surface area contributed by atoms with Gasteiger partial charge in [-0.15, -0.1) is 0 Å². The highest BCUT2D eigenvalue weighted by Gasteiger charge is 2.26. The fourth-order valence-corrected chi connectivity index (χ4v) is 2.37. The van der Waals surface area contributed by atoms with E-state index in [1.807, 2.05) is 0 Å². The summed E-state index contributed by atoms with van der Waals surface area (Å²) in [5, 5.41) is 0. The van der Waals surface area contributed by atoms with Gasteiger partial charge in [0.15, 0.2) is 0 Å². The van der Waals surface area contributed by atoms with Crippen LogP contribution in [-0.2, 0) is 5.41 Å². The van der Waals surface area contributed by atoms with Gasteiger partial charge in [0.1, 0.15) is 0 Å². The lowest BCUT2D eigenvalue weighted by Gasteiger charge is -2.30. The van der Waals surface area contributed by atoms with Crippen LogP contribution in [0.3, 0.4) is 0 Å². The Morgan fingerprint density at radius 1 is 0.882 bits per heavy atom. The van der Waals surface area contributed by atoms with Crippen LogP contribution >= 0.6 is 0 Å². The molecule has 0 bridgehead atoms. The third-order valence-corrected chi connectivity index (χ3v) is 3.77. The lowest BCUT2D eigenvalue weighted by molar-refractivity contribution is 0.549. The lowest BCUT2D eigenvalue weighted by atomic mass is 9.74. The zero-order chi connectivity index (χ0) is 12.3. The molecule has 0 radical (unpaired) electrons. The SMILES string of the molecule is CCC(C)(c1ccccc1)c1cccc(C)c1. The van der Waals surface area contributed by atoms with Crippen LogP contribution in [0.4, 0.5) is 0 Å². The molecule has 0 aliphatic carbocycles. The normalized spacial score (nSPS) is 14.3. The Kier molecular flexibility index (Phi) is 3.33. The molecule has 0 aliphatic heterocycles. The maximum absolute atomic E-state index is 2.33. The Morgan fingerprint density at radius 2 is 1.53 bits per heavy atom. The highest BCUT2D eigenvalue weighted by atomic mass is 14.3. The third kappa shape index (κ3) is 2.26. The first-order chi connectivity index (χ1) is 8.16. The minimum Gasteiger partial charge on any atom is -0.0642 e. The molecule has 0 nitrogen and oxygen atoms in total. The van der Waals surface area contributed by atoms with Crippen LogP contribution in [0, 0.1) is 6.92 Å². The first-order valence-corrected chi connectivity index (χ1v) is 6.29. The van der Waals surface area contributed by atoms with E-state index in [1.165, 1.54) is 16.7 Å². The molecule has 0 amide bonds. The second kappa shape index (κ2) is 4.75. The first-order valence-electron chi connectivity index (χ1n) is 6.29. The van der Waals surface area contributed by atoms with Gasteiger partial charge in [0.05, 0.1) is 0 Å². The van der Waals surface area contributed by atoms with E-state index in [0.717, 1.165) is 6.42 Å². The van der Waals surface area contributed by atoms with Crippen LogP contribution in [0.15, 0.2) is 54.6 Å². The van der Waals surface area contributed by atoms with E-state index >= 15 is 0 Å². The van der Waals surface area contributed by atoms with Crippen molar-refractivity contribution in [2.45, 2.75) is 32.6 Å². The van der Waals surface area contributed by atoms with Gasteiger partial charge in [0.25, 0.3) is 0 Å². The molecule has 0 aromatic heterocycles. The van der Waals surface area contributed by atoms with Gasteiger partial charge < -0.3 is 0 Å². The molecule has 0 aliphatic rings. The Hall–Kier alpha value is -1.56. The van der Waals surface area contributed by atoms with Crippen molar-refractivity contribution in [2.75, 3.05) is 0 Å². The molecular formula is C17H20. The molecule has 2 rings (SSSR count). The smallest absolute Gasteiger partial charge is 0.0172 e. The summed E-state index contributed by atoms with van der Waals surface area (Å²) in [7, 11) is 0. The first kappa shape index (κ1) is 11.9. The third-order valence-electron chi connectivity index (χ3n) is 3.77. The Labute approximate surface area is 104 Å². The van der Waals surface area contributed by atoms with Gasteiger partial charge in [-0.25, -0.2) is 0 Å². The minimum absolute atomic E-state index is 0.118. The van der Waals surface area contributed by atoms with E-state index in [4.69, 9.17) is 0 Å². The fourth-order valence-electron chi connectivity index (χ4n) is 2.37. The van der Waals surface area contributed by atoms with Gasteiger partial charge in [-0.2, -0.15) is 0 Å². The van der Waals surface area contributed by atoms with Gasteiger partial charge in [-0.3, -0.25) is 0 Å². The van der Waals surface area contributed by atoms with Crippen molar-refractivity contribution in [3.05, 3.63) is 71.3 Å². The second-order valence-corrected chi connectivity index (χ2v) is 4.92. The van der Waals surface area contributed by atoms with E-state index in [9.17, 15) is 0 Å². The van der Waals surface area contributed by atoms with Crippen LogP contribution in [0.2, 0.25) is 0 Å². The molecule has 2 aromatic rings. The predicted octanol–water partition coefficient (Wildman–Crippen LogP) is 4.71. The molecule has 0 N–H and O–H groups in total. The van der Waals surface area contributed by atoms with Crippen molar-refractivity contribution in [2.24, 2.45) is 0 Å². The number of rotatable bonds is 3. The summed E-state index contributed by atoms with van der Waals surface area (Å²) in [6.45, 7) is 6.75. The molecule has 0 saturated heterocycles. The maximum atomic E-state index is 2.33. The van der Waals surface area contributed by atoms with Crippen molar-refractivity contribution in [1.29, 1.82) is 0 Å². The minimum atomic E-state index is 0.118. The summed E-state index contributed by atoms with van der Waals surface area (Å²) in [6.07, 6.45) is 1.11. The highest BCUT2D eigenvalue weighted by molar-refractivity contribution is 5.39. The monoisotopic (exact) mass is 224 g/mol. The Morgan fingerprint density at radius 3 is 2.12 bits per heavy atom. The van der Waals surface area contributed by atoms with E-state index in [1.54, 1.807) is 0 Å². The maximum Gasteiger partial charge on any atom is 0.0172 e. The molecule has 1 unspecified atom stereocenters. The van der Waals surface area contributed by atoms with Crippen molar-refractivity contribution in [3.63, 3.8) is 0 Å². The van der Waals surface area contributed by atoms with E-state index in [-0.39, 0.29) is 5.41 Å². The second-order valence-electron chi connectivity index (χ2n) is 4.92. The largest absolute Gasteiger partial charge is 0.0642 e. The van der Waals surface area contributed by atoms with Crippen LogP contribution in [0.1, 0.15) is 37.0 Å². The molecule has 88 valence electrons. The summed E-state index contributed by atoms with van der Waals surface area (Å²) in [4.78, 5) is 0. The Balaban J connectivity index is 2.52. The average Bonchev–Trinajstić information content (AvgIpc) is 2.39. The topological polar surface area (TPSA) is 0 Å². The molecule has 0 heterocycles. The van der Waals surface area contributed by atoms with Gasteiger partial charge >= 0.3 is 0 Å². The molecule has 0 fully saturated rings. The van der Waals surface area contributed by atoms with E-state index in [2.05, 4.69) is 75.4 Å². The standard InChI is InChI=1S/C17H20/c1-4-17(3,15-10-6-5-7-11-15)16-12-8-9-14(2)13-16/h5-13H,4H2,1-3H3. The summed E-state index contributed by atoms with van der Waals surface area (Å²) >= 11 is 0. The van der Waals surface area contributed by atoms with Crippen molar-refractivity contribution < 1.29 is 0 Å². The van der Waals surface area contributed by atoms with Crippen LogP contribution in [0.5, 0.6) is 0 Å². The zero-order valence-corrected chi connectivity index (χ0v) is 10.9. The molecule has 2 aromatic carbocycles. The van der Waals surface area contributed by atoms with Crippen LogP contribution in [0.25, 0.3) is 0 Å². The summed E-state index contributed by atoms with van der Waals surface area (Å²) in [6, 6.07) is 19.6. The number of hydrogen-bond acceptors (Lipinski definition) is 0. The highest BCUT2D eigenvalue weighted by Crippen LogP contribution is 2.35. The molecular weight excluding hydrogens is 204 g/mol. The fraction of sp³-hybridized carbons (Fsp3) is 0.294. The van der Waals surface area contributed by atoms with Gasteiger partial charge in [-0.05, 0) is 24.5 Å². The predicted molar refractivity (Wildman–Crippen MR) is 74.4 cm³/mol. The lowest BCUT2D eigenvalue weighted by Crippen LogP contribution is -2.22. The quantitative estimate of drug-likeness (QED) is 0.708. The molecule has 17 heavy (non-hydrogen) atoms. The van der Waals surface area contributed by atoms with Gasteiger partial charge in [0.2, 0.25) is 0 Å². The van der Waals surface area contributed by atoms with Crippen LogP contribution in [-0.4, -0.2) is 0 Å². The summed E-state index contributed by atoms with van der Waals surface area (Å²) in [5.74, 6) is 0. The van der Waals surface area contributed by atoms with Crippen molar-refractivity contribution >= 4 is 0 Å². The molecule has 1 atom stereocenters. The summed E-state index contributed by atoms with van der Waals surface area (Å²) in [5.41, 5.74) is 4.25. The van der Waals surface area contributed by atoms with E-state index in [0.29, 0.717) is 0 Å². The van der Waals surface area contributed by atoms with Crippen LogP contribution < -0.4 is 0 Å². The molecule has 0 spiro atoms. The van der Waals surface area contributed by atoms with Crippen molar-refractivity contribution in [3.8, 4) is 0 Å².